The van der Waals surface area contributed by atoms with Crippen molar-refractivity contribution in [2.45, 2.75) is 18.9 Å². The molecule has 0 saturated carbocycles. The largest absolute Gasteiger partial charge is 0.473 e. The van der Waals surface area contributed by atoms with E-state index in [1.807, 2.05) is 18.2 Å². The average molecular weight is 359 g/mol. The number of nitrogens with zero attached hydrogens (tertiary/aromatic N) is 4. The second kappa shape index (κ2) is 6.75. The number of anilines is 1. The lowest BCUT2D eigenvalue weighted by Crippen LogP contribution is -2.38. The van der Waals surface area contributed by atoms with Gasteiger partial charge in [0.25, 0.3) is 0 Å². The highest BCUT2D eigenvalue weighted by molar-refractivity contribution is 9.10. The zero-order chi connectivity index (χ0) is 15.4. The topological polar surface area (TPSA) is 62.0 Å². The third kappa shape index (κ3) is 3.37. The molecule has 0 unspecified atom stereocenters. The molecule has 22 heavy (non-hydrogen) atoms. The van der Waals surface area contributed by atoms with Crippen LogP contribution in [-0.2, 0) is 0 Å². The molecule has 1 fully saturated rings. The fourth-order valence-corrected chi connectivity index (χ4v) is 2.97. The van der Waals surface area contributed by atoms with Gasteiger partial charge < -0.3 is 9.64 Å². The zero-order valence-corrected chi connectivity index (χ0v) is 13.5. The van der Waals surface area contributed by atoms with E-state index in [0.29, 0.717) is 11.4 Å². The van der Waals surface area contributed by atoms with E-state index in [2.05, 4.69) is 36.9 Å². The average Bonchev–Trinajstić information content (AvgIpc) is 2.56. The summed E-state index contributed by atoms with van der Waals surface area (Å²) < 4.78 is 6.77. The highest BCUT2D eigenvalue weighted by Gasteiger charge is 2.22. The summed E-state index contributed by atoms with van der Waals surface area (Å²) in [5.74, 6) is 0.572. The van der Waals surface area contributed by atoms with Gasteiger partial charge >= 0.3 is 0 Å². The van der Waals surface area contributed by atoms with Crippen molar-refractivity contribution in [1.82, 2.24) is 9.97 Å². The molecule has 0 bridgehead atoms. The van der Waals surface area contributed by atoms with Crippen LogP contribution in [-0.4, -0.2) is 29.2 Å². The molecule has 1 aromatic heterocycles. The van der Waals surface area contributed by atoms with Crippen molar-refractivity contribution in [3.8, 4) is 11.9 Å². The lowest BCUT2D eigenvalue weighted by atomic mass is 10.1. The lowest BCUT2D eigenvalue weighted by Gasteiger charge is -2.33. The van der Waals surface area contributed by atoms with Gasteiger partial charge in [-0.1, -0.05) is 15.9 Å². The van der Waals surface area contributed by atoms with Crippen LogP contribution in [0.3, 0.4) is 0 Å². The van der Waals surface area contributed by atoms with Gasteiger partial charge in [0.1, 0.15) is 12.2 Å². The maximum atomic E-state index is 9.28. The third-order valence-electron chi connectivity index (χ3n) is 3.69. The van der Waals surface area contributed by atoms with E-state index in [0.717, 1.165) is 36.1 Å². The van der Waals surface area contributed by atoms with Gasteiger partial charge in [-0.25, -0.2) is 4.98 Å². The van der Waals surface area contributed by atoms with Gasteiger partial charge in [0.15, 0.2) is 0 Å². The first-order valence-electron chi connectivity index (χ1n) is 7.13. The minimum Gasteiger partial charge on any atom is -0.473 e. The van der Waals surface area contributed by atoms with Crippen LogP contribution >= 0.6 is 15.9 Å². The fraction of sp³-hybridized carbons (Fsp3) is 0.312. The number of benzene rings is 1. The maximum Gasteiger partial charge on any atom is 0.232 e. The molecule has 0 N–H and O–H groups in total. The molecule has 2 heterocycles. The van der Waals surface area contributed by atoms with Crippen LogP contribution in [0.5, 0.6) is 5.88 Å². The first-order chi connectivity index (χ1) is 10.8. The van der Waals surface area contributed by atoms with Gasteiger partial charge in [0.05, 0.1) is 17.4 Å². The normalized spacial score (nSPS) is 15.4. The Morgan fingerprint density at radius 2 is 2.09 bits per heavy atom. The maximum absolute atomic E-state index is 9.28. The van der Waals surface area contributed by atoms with E-state index in [1.54, 1.807) is 18.6 Å². The van der Waals surface area contributed by atoms with E-state index < -0.39 is 0 Å². The molecule has 1 aliphatic rings. The summed E-state index contributed by atoms with van der Waals surface area (Å²) in [6.07, 6.45) is 6.84. The summed E-state index contributed by atoms with van der Waals surface area (Å²) in [5.41, 5.74) is 1.69. The molecule has 6 heteroatoms. The summed E-state index contributed by atoms with van der Waals surface area (Å²) >= 11 is 3.41. The molecule has 5 nitrogen and oxygen atoms in total. The number of hydrogen-bond donors (Lipinski definition) is 0. The molecule has 112 valence electrons. The molecule has 0 spiro atoms. The van der Waals surface area contributed by atoms with Crippen LogP contribution in [0.2, 0.25) is 0 Å². The van der Waals surface area contributed by atoms with Crippen molar-refractivity contribution in [3.05, 3.63) is 46.8 Å². The quantitative estimate of drug-likeness (QED) is 0.843. The number of aromatic nitrogens is 2. The summed E-state index contributed by atoms with van der Waals surface area (Å²) in [7, 11) is 0. The van der Waals surface area contributed by atoms with Gasteiger partial charge in [-0.05, 0) is 18.2 Å². The zero-order valence-electron chi connectivity index (χ0n) is 11.9. The molecule has 1 aliphatic heterocycles. The monoisotopic (exact) mass is 358 g/mol. The van der Waals surface area contributed by atoms with Crippen molar-refractivity contribution in [3.63, 3.8) is 0 Å². The number of nitriles is 1. The van der Waals surface area contributed by atoms with Crippen molar-refractivity contribution < 1.29 is 4.74 Å². The second-order valence-electron chi connectivity index (χ2n) is 5.12. The smallest absolute Gasteiger partial charge is 0.232 e. The molecule has 0 aliphatic carbocycles. The van der Waals surface area contributed by atoms with E-state index in [1.165, 1.54) is 0 Å². The van der Waals surface area contributed by atoms with Gasteiger partial charge in [-0.15, -0.1) is 0 Å². The molecule has 0 atom stereocenters. The molecular formula is C16H15BrN4O. The molecular weight excluding hydrogens is 344 g/mol. The van der Waals surface area contributed by atoms with Crippen molar-refractivity contribution >= 4 is 21.6 Å². The Labute approximate surface area is 137 Å². The van der Waals surface area contributed by atoms with Crippen molar-refractivity contribution in [2.24, 2.45) is 0 Å². The number of piperidine rings is 1. The van der Waals surface area contributed by atoms with Gasteiger partial charge in [0, 0.05) is 42.8 Å². The molecule has 0 amide bonds. The first kappa shape index (κ1) is 14.8. The number of ether oxygens (including phenoxy) is 1. The van der Waals surface area contributed by atoms with Crippen LogP contribution in [0.4, 0.5) is 5.69 Å². The Morgan fingerprint density at radius 1 is 1.27 bits per heavy atom. The van der Waals surface area contributed by atoms with Crippen LogP contribution in [0.15, 0.2) is 41.3 Å². The predicted octanol–water partition coefficient (Wildman–Crippen LogP) is 3.16. The second-order valence-corrected chi connectivity index (χ2v) is 6.04. The van der Waals surface area contributed by atoms with E-state index in [9.17, 15) is 5.26 Å². The fourth-order valence-electron chi connectivity index (χ4n) is 2.61. The van der Waals surface area contributed by atoms with Crippen LogP contribution in [0.1, 0.15) is 18.4 Å². The SMILES string of the molecule is N#Cc1cc(Br)ccc1N1CCC(Oc2cnccn2)CC1. The minimum absolute atomic E-state index is 0.147. The molecule has 3 rings (SSSR count). The van der Waals surface area contributed by atoms with Crippen LogP contribution in [0.25, 0.3) is 0 Å². The number of hydrogen-bond acceptors (Lipinski definition) is 5. The highest BCUT2D eigenvalue weighted by Crippen LogP contribution is 2.27. The van der Waals surface area contributed by atoms with Crippen LogP contribution < -0.4 is 9.64 Å². The Hall–Kier alpha value is -2.13. The number of halogens is 1. The Morgan fingerprint density at radius 3 is 2.77 bits per heavy atom. The summed E-state index contributed by atoms with van der Waals surface area (Å²) in [6.45, 7) is 1.72. The van der Waals surface area contributed by atoms with Gasteiger partial charge in [-0.2, -0.15) is 5.26 Å². The highest BCUT2D eigenvalue weighted by atomic mass is 79.9. The summed E-state index contributed by atoms with van der Waals surface area (Å²) in [4.78, 5) is 10.4. The molecule has 1 aromatic carbocycles. The third-order valence-corrected chi connectivity index (χ3v) is 4.18. The summed E-state index contributed by atoms with van der Waals surface area (Å²) in [6, 6.07) is 8.09. The van der Waals surface area contributed by atoms with Crippen molar-refractivity contribution in [1.29, 1.82) is 5.26 Å². The molecule has 0 radical (unpaired) electrons. The standard InChI is InChI=1S/C16H15BrN4O/c17-13-1-2-15(12(9-13)10-18)21-7-3-14(4-8-21)22-16-11-19-5-6-20-16/h1-2,5-6,9,11,14H,3-4,7-8H2. The summed E-state index contributed by atoms with van der Waals surface area (Å²) in [5, 5.41) is 9.28. The molecule has 1 saturated heterocycles. The first-order valence-corrected chi connectivity index (χ1v) is 7.93. The number of rotatable bonds is 3. The Kier molecular flexibility index (Phi) is 4.54. The van der Waals surface area contributed by atoms with Gasteiger partial charge in [0.2, 0.25) is 5.88 Å². The minimum atomic E-state index is 0.147. The predicted molar refractivity (Wildman–Crippen MR) is 86.8 cm³/mol. The lowest BCUT2D eigenvalue weighted by molar-refractivity contribution is 0.163. The van der Waals surface area contributed by atoms with Crippen molar-refractivity contribution in [2.75, 3.05) is 18.0 Å². The molecule has 2 aromatic rings. The van der Waals surface area contributed by atoms with Gasteiger partial charge in [-0.3, -0.25) is 4.98 Å². The van der Waals surface area contributed by atoms with E-state index >= 15 is 0 Å². The van der Waals surface area contributed by atoms with E-state index in [4.69, 9.17) is 4.74 Å². The Balaban J connectivity index is 1.64. The van der Waals surface area contributed by atoms with Crippen LogP contribution in [0, 0.1) is 11.3 Å². The Bertz CT molecular complexity index is 678. The van der Waals surface area contributed by atoms with E-state index in [-0.39, 0.29) is 6.10 Å².